The van der Waals surface area contributed by atoms with E-state index in [4.69, 9.17) is 11.6 Å². The van der Waals surface area contributed by atoms with Crippen LogP contribution in [0.25, 0.3) is 0 Å². The van der Waals surface area contributed by atoms with E-state index in [-0.39, 0.29) is 21.7 Å². The highest BCUT2D eigenvalue weighted by Crippen LogP contribution is 2.27. The molecule has 19 heavy (non-hydrogen) atoms. The Morgan fingerprint density at radius 1 is 1.42 bits per heavy atom. The van der Waals surface area contributed by atoms with Crippen molar-refractivity contribution in [3.63, 3.8) is 0 Å². The average Bonchev–Trinajstić information content (AvgIpc) is 2.26. The van der Waals surface area contributed by atoms with Crippen molar-refractivity contribution in [2.24, 2.45) is 5.41 Å². The minimum atomic E-state index is -0.603. The number of amides is 1. The minimum Gasteiger partial charge on any atom is -0.352 e. The van der Waals surface area contributed by atoms with Crippen LogP contribution in [0.3, 0.4) is 0 Å². The molecule has 0 fully saturated rings. The SMILES string of the molecule is CC(C)(C)CCNC(=O)c1cccc([N+](=O)[O-])c1Cl. The van der Waals surface area contributed by atoms with Crippen LogP contribution in [0.15, 0.2) is 18.2 Å². The first-order valence-electron chi connectivity index (χ1n) is 5.93. The van der Waals surface area contributed by atoms with Crippen LogP contribution in [0.4, 0.5) is 5.69 Å². The van der Waals surface area contributed by atoms with Gasteiger partial charge >= 0.3 is 0 Å². The summed E-state index contributed by atoms with van der Waals surface area (Å²) in [6.07, 6.45) is 0.811. The Morgan fingerprint density at radius 2 is 2.05 bits per heavy atom. The fraction of sp³-hybridized carbons (Fsp3) is 0.462. The third-order valence-corrected chi connectivity index (χ3v) is 2.98. The molecular formula is C13H17ClN2O3. The van der Waals surface area contributed by atoms with Crippen LogP contribution in [0.5, 0.6) is 0 Å². The van der Waals surface area contributed by atoms with Crippen LogP contribution in [-0.2, 0) is 0 Å². The highest BCUT2D eigenvalue weighted by molar-refractivity contribution is 6.35. The Morgan fingerprint density at radius 3 is 2.58 bits per heavy atom. The van der Waals surface area contributed by atoms with Crippen LogP contribution in [-0.4, -0.2) is 17.4 Å². The molecule has 1 aromatic rings. The summed E-state index contributed by atoms with van der Waals surface area (Å²) in [4.78, 5) is 22.0. The van der Waals surface area contributed by atoms with Crippen LogP contribution in [0.2, 0.25) is 5.02 Å². The van der Waals surface area contributed by atoms with E-state index in [0.29, 0.717) is 6.54 Å². The average molecular weight is 285 g/mol. The zero-order valence-corrected chi connectivity index (χ0v) is 12.0. The molecule has 0 aromatic heterocycles. The molecule has 5 nitrogen and oxygen atoms in total. The van der Waals surface area contributed by atoms with E-state index in [0.717, 1.165) is 6.42 Å². The second-order valence-electron chi connectivity index (χ2n) is 5.46. The number of carbonyl (C=O) groups is 1. The van der Waals surface area contributed by atoms with Gasteiger partial charge in [-0.3, -0.25) is 14.9 Å². The van der Waals surface area contributed by atoms with Gasteiger partial charge in [0, 0.05) is 12.6 Å². The first kappa shape index (κ1) is 15.4. The maximum absolute atomic E-state index is 11.9. The number of nitrogens with one attached hydrogen (secondary N) is 1. The van der Waals surface area contributed by atoms with Gasteiger partial charge in [0.1, 0.15) is 5.02 Å². The Hall–Kier alpha value is -1.62. The third kappa shape index (κ3) is 4.52. The molecule has 0 atom stereocenters. The lowest BCUT2D eigenvalue weighted by atomic mass is 9.92. The van der Waals surface area contributed by atoms with Gasteiger partial charge in [0.15, 0.2) is 0 Å². The number of nitro benzene ring substituents is 1. The molecule has 0 heterocycles. The van der Waals surface area contributed by atoms with Crippen molar-refractivity contribution in [1.82, 2.24) is 5.32 Å². The van der Waals surface area contributed by atoms with E-state index in [1.165, 1.54) is 18.2 Å². The molecule has 1 aromatic carbocycles. The normalized spacial score (nSPS) is 11.2. The number of nitro groups is 1. The van der Waals surface area contributed by atoms with Crippen molar-refractivity contribution in [1.29, 1.82) is 0 Å². The maximum atomic E-state index is 11.9. The van der Waals surface area contributed by atoms with Crippen molar-refractivity contribution in [3.8, 4) is 0 Å². The van der Waals surface area contributed by atoms with E-state index in [9.17, 15) is 14.9 Å². The molecule has 0 radical (unpaired) electrons. The van der Waals surface area contributed by atoms with E-state index in [1.54, 1.807) is 0 Å². The monoisotopic (exact) mass is 284 g/mol. The summed E-state index contributed by atoms with van der Waals surface area (Å²) < 4.78 is 0. The quantitative estimate of drug-likeness (QED) is 0.680. The number of carbonyl (C=O) groups excluding carboxylic acids is 1. The minimum absolute atomic E-state index is 0.111. The highest BCUT2D eigenvalue weighted by atomic mass is 35.5. The maximum Gasteiger partial charge on any atom is 0.288 e. The van der Waals surface area contributed by atoms with Gasteiger partial charge in [-0.05, 0) is 17.9 Å². The second kappa shape index (κ2) is 6.02. The van der Waals surface area contributed by atoms with Gasteiger partial charge in [-0.25, -0.2) is 0 Å². The molecule has 0 bridgehead atoms. The molecular weight excluding hydrogens is 268 g/mol. The molecule has 1 rings (SSSR count). The number of hydrogen-bond acceptors (Lipinski definition) is 3. The fourth-order valence-electron chi connectivity index (χ4n) is 1.48. The van der Waals surface area contributed by atoms with E-state index in [1.807, 2.05) is 0 Å². The summed E-state index contributed by atoms with van der Waals surface area (Å²) in [6, 6.07) is 4.19. The summed E-state index contributed by atoms with van der Waals surface area (Å²) in [5.41, 5.74) is -0.0188. The van der Waals surface area contributed by atoms with Crippen molar-refractivity contribution < 1.29 is 9.72 Å². The molecule has 1 N–H and O–H groups in total. The molecule has 104 valence electrons. The van der Waals surface area contributed by atoms with Crippen LogP contribution >= 0.6 is 11.6 Å². The van der Waals surface area contributed by atoms with Crippen molar-refractivity contribution in [3.05, 3.63) is 38.9 Å². The Balaban J connectivity index is 2.78. The molecule has 6 heteroatoms. The van der Waals surface area contributed by atoms with E-state index in [2.05, 4.69) is 26.1 Å². The largest absolute Gasteiger partial charge is 0.352 e. The van der Waals surface area contributed by atoms with Crippen LogP contribution < -0.4 is 5.32 Å². The number of nitrogens with zero attached hydrogens (tertiary/aromatic N) is 1. The summed E-state index contributed by atoms with van der Waals surface area (Å²) in [5.74, 6) is -0.391. The number of benzene rings is 1. The summed E-state index contributed by atoms with van der Waals surface area (Å²) in [6.45, 7) is 6.71. The zero-order chi connectivity index (χ0) is 14.6. The van der Waals surface area contributed by atoms with Crippen LogP contribution in [0, 0.1) is 15.5 Å². The second-order valence-corrected chi connectivity index (χ2v) is 5.84. The predicted octanol–water partition coefficient (Wildman–Crippen LogP) is 3.41. The number of hydrogen-bond donors (Lipinski definition) is 1. The Labute approximate surface area is 117 Å². The molecule has 0 unspecified atom stereocenters. The van der Waals surface area contributed by atoms with Gasteiger partial charge in [-0.15, -0.1) is 0 Å². The van der Waals surface area contributed by atoms with Gasteiger partial charge in [-0.2, -0.15) is 0 Å². The topological polar surface area (TPSA) is 72.2 Å². The summed E-state index contributed by atoms with van der Waals surface area (Å²) in [5, 5.41) is 13.3. The number of halogens is 1. The van der Waals surface area contributed by atoms with E-state index >= 15 is 0 Å². The van der Waals surface area contributed by atoms with Gasteiger partial charge in [-0.1, -0.05) is 38.4 Å². The first-order chi connectivity index (χ1) is 8.72. The van der Waals surface area contributed by atoms with Crippen molar-refractivity contribution in [2.75, 3.05) is 6.54 Å². The molecule has 1 amide bonds. The smallest absolute Gasteiger partial charge is 0.288 e. The van der Waals surface area contributed by atoms with Crippen molar-refractivity contribution in [2.45, 2.75) is 27.2 Å². The zero-order valence-electron chi connectivity index (χ0n) is 11.2. The van der Waals surface area contributed by atoms with Crippen molar-refractivity contribution >= 4 is 23.2 Å². The lowest BCUT2D eigenvalue weighted by molar-refractivity contribution is -0.384. The van der Waals surface area contributed by atoms with Gasteiger partial charge in [0.2, 0.25) is 0 Å². The first-order valence-corrected chi connectivity index (χ1v) is 6.31. The van der Waals surface area contributed by atoms with Crippen LogP contribution in [0.1, 0.15) is 37.6 Å². The van der Waals surface area contributed by atoms with Gasteiger partial charge in [0.05, 0.1) is 10.5 Å². The molecule has 0 saturated carbocycles. The lowest BCUT2D eigenvalue weighted by Crippen LogP contribution is -2.27. The highest BCUT2D eigenvalue weighted by Gasteiger charge is 2.20. The Bertz CT molecular complexity index is 495. The summed E-state index contributed by atoms with van der Waals surface area (Å²) >= 11 is 5.86. The Kier molecular flexibility index (Phi) is 4.89. The summed E-state index contributed by atoms with van der Waals surface area (Å²) in [7, 11) is 0. The lowest BCUT2D eigenvalue weighted by Gasteiger charge is -2.18. The number of rotatable bonds is 4. The molecule has 0 spiro atoms. The standard InChI is InChI=1S/C13H17ClN2O3/c1-13(2,3)7-8-15-12(17)9-5-4-6-10(11(9)14)16(18)19/h4-6H,7-8H2,1-3H3,(H,15,17). The van der Waals surface area contributed by atoms with Gasteiger partial charge in [0.25, 0.3) is 11.6 Å². The molecule has 0 saturated heterocycles. The molecule has 0 aliphatic rings. The third-order valence-electron chi connectivity index (χ3n) is 2.58. The fourth-order valence-corrected chi connectivity index (χ4v) is 1.76. The predicted molar refractivity (Wildman–Crippen MR) is 74.5 cm³/mol. The molecule has 0 aliphatic heterocycles. The van der Waals surface area contributed by atoms with E-state index < -0.39 is 10.8 Å². The van der Waals surface area contributed by atoms with Gasteiger partial charge < -0.3 is 5.32 Å². The molecule has 0 aliphatic carbocycles.